The zero-order chi connectivity index (χ0) is 16.2. The molecule has 0 spiro atoms. The lowest BCUT2D eigenvalue weighted by molar-refractivity contribution is -0.131. The largest absolute Gasteiger partial charge is 0.428 e. The molecule has 5 nitrogen and oxygen atoms in total. The van der Waals surface area contributed by atoms with Gasteiger partial charge in [-0.05, 0) is 44.0 Å². The molecule has 23 heavy (non-hydrogen) atoms. The van der Waals surface area contributed by atoms with E-state index in [-0.39, 0.29) is 17.1 Å². The highest BCUT2D eigenvalue weighted by molar-refractivity contribution is 9.10. The van der Waals surface area contributed by atoms with Gasteiger partial charge < -0.3 is 9.32 Å². The van der Waals surface area contributed by atoms with Crippen molar-refractivity contribution in [1.82, 2.24) is 15.1 Å². The molecular formula is C16H18BrN3O2S. The second-order valence-electron chi connectivity index (χ2n) is 5.59. The quantitative estimate of drug-likeness (QED) is 0.738. The molecule has 0 radical (unpaired) electrons. The van der Waals surface area contributed by atoms with Gasteiger partial charge in [-0.3, -0.25) is 4.79 Å². The molecule has 0 aliphatic carbocycles. The van der Waals surface area contributed by atoms with Crippen LogP contribution in [0.3, 0.4) is 0 Å². The minimum Gasteiger partial charge on any atom is -0.428 e. The molecule has 1 atom stereocenters. The van der Waals surface area contributed by atoms with Crippen LogP contribution in [0, 0.1) is 0 Å². The minimum atomic E-state index is -0.0869. The standard InChI is InChI=1S/C16H18BrN3O2S/c1-11(23-14-4-2-13(17)3-5-14)16(21)20-8-6-12(7-9-20)15-19-18-10-22-15/h2-5,10-12H,6-9H2,1H3. The molecule has 1 unspecified atom stereocenters. The molecular weight excluding hydrogens is 378 g/mol. The highest BCUT2D eigenvalue weighted by atomic mass is 79.9. The first-order valence-corrected chi connectivity index (χ1v) is 9.28. The van der Waals surface area contributed by atoms with Crippen LogP contribution < -0.4 is 0 Å². The molecule has 0 bridgehead atoms. The fourth-order valence-corrected chi connectivity index (χ4v) is 3.95. The summed E-state index contributed by atoms with van der Waals surface area (Å²) >= 11 is 5.02. The second kappa shape index (κ2) is 7.49. The van der Waals surface area contributed by atoms with Gasteiger partial charge in [-0.25, -0.2) is 0 Å². The van der Waals surface area contributed by atoms with Crippen LogP contribution >= 0.6 is 27.7 Å². The van der Waals surface area contributed by atoms with Crippen LogP contribution in [0.25, 0.3) is 0 Å². The second-order valence-corrected chi connectivity index (χ2v) is 7.92. The van der Waals surface area contributed by atoms with E-state index in [2.05, 4.69) is 26.1 Å². The van der Waals surface area contributed by atoms with Crippen molar-refractivity contribution in [3.63, 3.8) is 0 Å². The number of piperidine rings is 1. The molecule has 122 valence electrons. The monoisotopic (exact) mass is 395 g/mol. The molecule has 1 aliphatic rings. The van der Waals surface area contributed by atoms with Gasteiger partial charge in [0.2, 0.25) is 18.2 Å². The number of likely N-dealkylation sites (tertiary alicyclic amines) is 1. The maximum absolute atomic E-state index is 12.6. The van der Waals surface area contributed by atoms with Gasteiger partial charge in [0.1, 0.15) is 0 Å². The van der Waals surface area contributed by atoms with Crippen molar-refractivity contribution < 1.29 is 9.21 Å². The van der Waals surface area contributed by atoms with Crippen molar-refractivity contribution in [1.29, 1.82) is 0 Å². The minimum absolute atomic E-state index is 0.0869. The summed E-state index contributed by atoms with van der Waals surface area (Å²) in [6, 6.07) is 8.05. The zero-order valence-corrected chi connectivity index (χ0v) is 15.2. The summed E-state index contributed by atoms with van der Waals surface area (Å²) in [4.78, 5) is 15.7. The maximum atomic E-state index is 12.6. The number of hydrogen-bond acceptors (Lipinski definition) is 5. The number of rotatable bonds is 4. The van der Waals surface area contributed by atoms with Gasteiger partial charge in [-0.1, -0.05) is 15.9 Å². The predicted octanol–water partition coefficient (Wildman–Crippen LogP) is 3.72. The average Bonchev–Trinajstić information content (AvgIpc) is 3.11. The number of thioether (sulfide) groups is 1. The van der Waals surface area contributed by atoms with Gasteiger partial charge in [0.15, 0.2) is 0 Å². The molecule has 1 aromatic carbocycles. The van der Waals surface area contributed by atoms with Gasteiger partial charge >= 0.3 is 0 Å². The topological polar surface area (TPSA) is 59.2 Å². The number of carbonyl (C=O) groups excluding carboxylic acids is 1. The van der Waals surface area contributed by atoms with Gasteiger partial charge in [-0.15, -0.1) is 22.0 Å². The number of aromatic nitrogens is 2. The fraction of sp³-hybridized carbons (Fsp3) is 0.438. The van der Waals surface area contributed by atoms with Gasteiger partial charge in [0.05, 0.1) is 5.25 Å². The van der Waals surface area contributed by atoms with Crippen LogP contribution in [0.1, 0.15) is 31.6 Å². The zero-order valence-electron chi connectivity index (χ0n) is 12.8. The fourth-order valence-electron chi connectivity index (χ4n) is 2.73. The predicted molar refractivity (Wildman–Crippen MR) is 92.3 cm³/mol. The summed E-state index contributed by atoms with van der Waals surface area (Å²) in [5.41, 5.74) is 0. The normalized spacial score (nSPS) is 17.2. The highest BCUT2D eigenvalue weighted by Crippen LogP contribution is 2.30. The van der Waals surface area contributed by atoms with Crippen molar-refractivity contribution in [3.8, 4) is 0 Å². The van der Waals surface area contributed by atoms with E-state index in [0.29, 0.717) is 5.89 Å². The van der Waals surface area contributed by atoms with Crippen molar-refractivity contribution in [2.75, 3.05) is 13.1 Å². The molecule has 0 N–H and O–H groups in total. The van der Waals surface area contributed by atoms with Crippen LogP contribution in [0.2, 0.25) is 0 Å². The first kappa shape index (κ1) is 16.5. The molecule has 2 heterocycles. The number of hydrogen-bond donors (Lipinski definition) is 0. The SMILES string of the molecule is CC(Sc1ccc(Br)cc1)C(=O)N1CCC(c2nnco2)CC1. The van der Waals surface area contributed by atoms with E-state index < -0.39 is 0 Å². The van der Waals surface area contributed by atoms with Crippen molar-refractivity contribution in [2.45, 2.75) is 35.8 Å². The van der Waals surface area contributed by atoms with Crippen LogP contribution in [0.15, 0.2) is 44.4 Å². The number of halogens is 1. The lowest BCUT2D eigenvalue weighted by Crippen LogP contribution is -2.41. The van der Waals surface area contributed by atoms with E-state index in [0.717, 1.165) is 35.3 Å². The Kier molecular flexibility index (Phi) is 5.38. The number of benzene rings is 1. The lowest BCUT2D eigenvalue weighted by Gasteiger charge is -2.32. The maximum Gasteiger partial charge on any atom is 0.235 e. The smallest absolute Gasteiger partial charge is 0.235 e. The Balaban J connectivity index is 1.53. The third kappa shape index (κ3) is 4.14. The summed E-state index contributed by atoms with van der Waals surface area (Å²) in [7, 11) is 0. The van der Waals surface area contributed by atoms with Crippen LogP contribution in [0.5, 0.6) is 0 Å². The first-order valence-electron chi connectivity index (χ1n) is 7.60. The Morgan fingerprint density at radius 3 is 2.65 bits per heavy atom. The first-order chi connectivity index (χ1) is 11.1. The Morgan fingerprint density at radius 1 is 1.35 bits per heavy atom. The van der Waals surface area contributed by atoms with Crippen molar-refractivity contribution >= 4 is 33.6 Å². The summed E-state index contributed by atoms with van der Waals surface area (Å²) in [5.74, 6) is 1.16. The Hall–Kier alpha value is -1.34. The summed E-state index contributed by atoms with van der Waals surface area (Å²) in [5, 5.41) is 7.62. The Bertz CT molecular complexity index is 640. The molecule has 1 aromatic heterocycles. The number of amides is 1. The van der Waals surface area contributed by atoms with E-state index >= 15 is 0 Å². The molecule has 3 rings (SSSR count). The summed E-state index contributed by atoms with van der Waals surface area (Å²) < 4.78 is 6.32. The third-order valence-electron chi connectivity index (χ3n) is 4.01. The Labute approximate surface area is 148 Å². The van der Waals surface area contributed by atoms with E-state index in [4.69, 9.17) is 4.42 Å². The van der Waals surface area contributed by atoms with E-state index in [1.807, 2.05) is 36.1 Å². The highest BCUT2D eigenvalue weighted by Gasteiger charge is 2.29. The summed E-state index contributed by atoms with van der Waals surface area (Å²) in [6.45, 7) is 3.47. The molecule has 0 saturated carbocycles. The molecule has 1 amide bonds. The third-order valence-corrected chi connectivity index (χ3v) is 5.64. The molecule has 1 saturated heterocycles. The number of carbonyl (C=O) groups is 1. The Morgan fingerprint density at radius 2 is 2.04 bits per heavy atom. The van der Waals surface area contributed by atoms with Crippen LogP contribution in [0.4, 0.5) is 0 Å². The average molecular weight is 396 g/mol. The number of nitrogens with zero attached hydrogens (tertiary/aromatic N) is 3. The van der Waals surface area contributed by atoms with Gasteiger partial charge in [0.25, 0.3) is 0 Å². The lowest BCUT2D eigenvalue weighted by atomic mass is 9.96. The van der Waals surface area contributed by atoms with Crippen molar-refractivity contribution in [2.24, 2.45) is 0 Å². The molecule has 7 heteroatoms. The van der Waals surface area contributed by atoms with Crippen LogP contribution in [-0.2, 0) is 4.79 Å². The van der Waals surface area contributed by atoms with Gasteiger partial charge in [-0.2, -0.15) is 0 Å². The summed E-state index contributed by atoms with van der Waals surface area (Å²) in [6.07, 6.45) is 3.12. The van der Waals surface area contributed by atoms with Gasteiger partial charge in [0, 0.05) is 28.4 Å². The van der Waals surface area contributed by atoms with E-state index in [1.165, 1.54) is 6.39 Å². The molecule has 1 fully saturated rings. The van der Waals surface area contributed by atoms with Crippen LogP contribution in [-0.4, -0.2) is 39.3 Å². The van der Waals surface area contributed by atoms with Crippen molar-refractivity contribution in [3.05, 3.63) is 41.0 Å². The van der Waals surface area contributed by atoms with E-state index in [1.54, 1.807) is 11.8 Å². The molecule has 2 aromatic rings. The molecule has 1 aliphatic heterocycles. The van der Waals surface area contributed by atoms with E-state index in [9.17, 15) is 4.79 Å².